The van der Waals surface area contributed by atoms with Gasteiger partial charge >= 0.3 is 0 Å². The van der Waals surface area contributed by atoms with Gasteiger partial charge in [0.15, 0.2) is 0 Å². The lowest BCUT2D eigenvalue weighted by molar-refractivity contribution is 0.1000. The van der Waals surface area contributed by atoms with Crippen molar-refractivity contribution in [2.45, 2.75) is 32.4 Å². The van der Waals surface area contributed by atoms with E-state index < -0.39 is 0 Å². The normalized spacial score (nSPS) is 12.0. The lowest BCUT2D eigenvalue weighted by Crippen LogP contribution is -2.30. The topological polar surface area (TPSA) is 55.1 Å². The first kappa shape index (κ1) is 15.3. The van der Waals surface area contributed by atoms with E-state index in [4.69, 9.17) is 5.73 Å². The lowest BCUT2D eigenvalue weighted by atomic mass is 10.0. The third-order valence-corrected chi connectivity index (χ3v) is 3.62. The average molecular weight is 282 g/mol. The van der Waals surface area contributed by atoms with Gasteiger partial charge in [0, 0.05) is 18.2 Å². The van der Waals surface area contributed by atoms with Crippen LogP contribution in [0, 0.1) is 0 Å². The van der Waals surface area contributed by atoms with Gasteiger partial charge in [-0.05, 0) is 36.1 Å². The number of hydrogen-bond acceptors (Lipinski definition) is 2. The van der Waals surface area contributed by atoms with Gasteiger partial charge in [0.05, 0.1) is 0 Å². The molecule has 0 aliphatic carbocycles. The summed E-state index contributed by atoms with van der Waals surface area (Å²) in [5, 5.41) is 3.55. The standard InChI is InChI=1S/C18H22N2O/c1-2-17(12-14-7-4-3-5-8-14)20-13-15-9-6-10-16(11-15)18(19)21/h3-11,17,20H,2,12-13H2,1H3,(H2,19,21). The zero-order chi connectivity index (χ0) is 15.1. The Balaban J connectivity index is 1.94. The van der Waals surface area contributed by atoms with Crippen molar-refractivity contribution >= 4 is 5.91 Å². The van der Waals surface area contributed by atoms with Crippen LogP contribution in [0.15, 0.2) is 54.6 Å². The Labute approximate surface area is 126 Å². The van der Waals surface area contributed by atoms with E-state index >= 15 is 0 Å². The minimum absolute atomic E-state index is 0.381. The molecule has 21 heavy (non-hydrogen) atoms. The summed E-state index contributed by atoms with van der Waals surface area (Å²) in [6.07, 6.45) is 2.07. The summed E-state index contributed by atoms with van der Waals surface area (Å²) in [5.41, 5.74) is 8.29. The van der Waals surface area contributed by atoms with E-state index in [1.807, 2.05) is 24.3 Å². The van der Waals surface area contributed by atoms with E-state index in [1.165, 1.54) is 5.56 Å². The van der Waals surface area contributed by atoms with Gasteiger partial charge < -0.3 is 11.1 Å². The summed E-state index contributed by atoms with van der Waals surface area (Å²) >= 11 is 0. The Hall–Kier alpha value is -2.13. The van der Waals surface area contributed by atoms with Gasteiger partial charge in [-0.1, -0.05) is 49.4 Å². The number of rotatable bonds is 7. The van der Waals surface area contributed by atoms with Crippen LogP contribution in [0.4, 0.5) is 0 Å². The fourth-order valence-electron chi connectivity index (χ4n) is 2.36. The number of benzene rings is 2. The van der Waals surface area contributed by atoms with Crippen molar-refractivity contribution in [3.63, 3.8) is 0 Å². The van der Waals surface area contributed by atoms with Crippen LogP contribution >= 0.6 is 0 Å². The molecule has 2 aromatic carbocycles. The van der Waals surface area contributed by atoms with Gasteiger partial charge in [-0.2, -0.15) is 0 Å². The Morgan fingerprint density at radius 3 is 2.48 bits per heavy atom. The number of carbonyl (C=O) groups excluding carboxylic acids is 1. The monoisotopic (exact) mass is 282 g/mol. The van der Waals surface area contributed by atoms with Crippen LogP contribution in [0.1, 0.15) is 34.8 Å². The van der Waals surface area contributed by atoms with Crippen molar-refractivity contribution in [3.8, 4) is 0 Å². The van der Waals surface area contributed by atoms with Crippen molar-refractivity contribution in [1.29, 1.82) is 0 Å². The van der Waals surface area contributed by atoms with E-state index in [2.05, 4.69) is 36.5 Å². The molecule has 3 N–H and O–H groups in total. The second kappa shape index (κ2) is 7.60. The summed E-state index contributed by atoms with van der Waals surface area (Å²) in [4.78, 5) is 11.2. The largest absolute Gasteiger partial charge is 0.366 e. The third-order valence-electron chi connectivity index (χ3n) is 3.62. The Kier molecular flexibility index (Phi) is 5.52. The first-order valence-electron chi connectivity index (χ1n) is 7.35. The van der Waals surface area contributed by atoms with E-state index in [0.29, 0.717) is 11.6 Å². The zero-order valence-electron chi connectivity index (χ0n) is 12.4. The van der Waals surface area contributed by atoms with Gasteiger partial charge in [0.2, 0.25) is 5.91 Å². The van der Waals surface area contributed by atoms with Crippen molar-refractivity contribution < 1.29 is 4.79 Å². The molecule has 0 aliphatic heterocycles. The number of carbonyl (C=O) groups is 1. The molecule has 1 unspecified atom stereocenters. The van der Waals surface area contributed by atoms with Crippen molar-refractivity contribution in [2.75, 3.05) is 0 Å². The summed E-state index contributed by atoms with van der Waals surface area (Å²) in [7, 11) is 0. The second-order valence-corrected chi connectivity index (χ2v) is 5.24. The fourth-order valence-corrected chi connectivity index (χ4v) is 2.36. The van der Waals surface area contributed by atoms with E-state index in [-0.39, 0.29) is 5.91 Å². The number of nitrogens with one attached hydrogen (secondary N) is 1. The maximum absolute atomic E-state index is 11.2. The molecule has 0 radical (unpaired) electrons. The highest BCUT2D eigenvalue weighted by Crippen LogP contribution is 2.08. The molecule has 1 atom stereocenters. The highest BCUT2D eigenvalue weighted by Gasteiger charge is 2.07. The molecule has 3 heteroatoms. The third kappa shape index (κ3) is 4.72. The van der Waals surface area contributed by atoms with E-state index in [9.17, 15) is 4.79 Å². The first-order chi connectivity index (χ1) is 10.2. The van der Waals surface area contributed by atoms with Gasteiger partial charge in [0.1, 0.15) is 0 Å². The average Bonchev–Trinajstić information content (AvgIpc) is 2.52. The minimum Gasteiger partial charge on any atom is -0.366 e. The van der Waals surface area contributed by atoms with E-state index in [1.54, 1.807) is 6.07 Å². The van der Waals surface area contributed by atoms with Gasteiger partial charge in [-0.25, -0.2) is 0 Å². The quantitative estimate of drug-likeness (QED) is 0.820. The molecular formula is C18H22N2O. The predicted molar refractivity (Wildman–Crippen MR) is 86.0 cm³/mol. The van der Waals surface area contributed by atoms with Crippen LogP contribution in [0.25, 0.3) is 0 Å². The van der Waals surface area contributed by atoms with Crippen LogP contribution in [-0.2, 0) is 13.0 Å². The zero-order valence-corrected chi connectivity index (χ0v) is 12.4. The number of amides is 1. The first-order valence-corrected chi connectivity index (χ1v) is 7.35. The molecular weight excluding hydrogens is 260 g/mol. The van der Waals surface area contributed by atoms with Crippen LogP contribution < -0.4 is 11.1 Å². The molecule has 0 aromatic heterocycles. The summed E-state index contributed by atoms with van der Waals surface area (Å²) in [6, 6.07) is 18.4. The molecule has 2 aromatic rings. The van der Waals surface area contributed by atoms with Crippen LogP contribution in [0.5, 0.6) is 0 Å². The number of primary amides is 1. The molecule has 0 spiro atoms. The SMILES string of the molecule is CCC(Cc1ccccc1)NCc1cccc(C(N)=O)c1. The van der Waals surface area contributed by atoms with Gasteiger partial charge in [-0.15, -0.1) is 0 Å². The van der Waals surface area contributed by atoms with Crippen LogP contribution in [-0.4, -0.2) is 11.9 Å². The smallest absolute Gasteiger partial charge is 0.248 e. The second-order valence-electron chi connectivity index (χ2n) is 5.24. The van der Waals surface area contributed by atoms with Crippen molar-refractivity contribution in [1.82, 2.24) is 5.32 Å². The Morgan fingerprint density at radius 2 is 1.81 bits per heavy atom. The maximum atomic E-state index is 11.2. The molecule has 0 bridgehead atoms. The van der Waals surface area contributed by atoms with Crippen LogP contribution in [0.2, 0.25) is 0 Å². The molecule has 1 amide bonds. The molecule has 3 nitrogen and oxygen atoms in total. The summed E-state index contributed by atoms with van der Waals surface area (Å²) in [5.74, 6) is -0.381. The van der Waals surface area contributed by atoms with Crippen LogP contribution in [0.3, 0.4) is 0 Å². The molecule has 0 saturated heterocycles. The predicted octanol–water partition coefficient (Wildman–Crippen LogP) is 2.90. The highest BCUT2D eigenvalue weighted by molar-refractivity contribution is 5.92. The Morgan fingerprint density at radius 1 is 1.10 bits per heavy atom. The molecule has 0 saturated carbocycles. The minimum atomic E-state index is -0.381. The van der Waals surface area contributed by atoms with Crippen molar-refractivity contribution in [2.24, 2.45) is 5.73 Å². The molecule has 0 fully saturated rings. The molecule has 0 heterocycles. The summed E-state index contributed by atoms with van der Waals surface area (Å²) in [6.45, 7) is 2.92. The fraction of sp³-hybridized carbons (Fsp3) is 0.278. The summed E-state index contributed by atoms with van der Waals surface area (Å²) < 4.78 is 0. The Bertz CT molecular complexity index is 581. The number of nitrogens with two attached hydrogens (primary N) is 1. The maximum Gasteiger partial charge on any atom is 0.248 e. The van der Waals surface area contributed by atoms with Crippen molar-refractivity contribution in [3.05, 3.63) is 71.3 Å². The lowest BCUT2D eigenvalue weighted by Gasteiger charge is -2.17. The molecule has 0 aliphatic rings. The highest BCUT2D eigenvalue weighted by atomic mass is 16.1. The van der Waals surface area contributed by atoms with Gasteiger partial charge in [0.25, 0.3) is 0 Å². The number of hydrogen-bond donors (Lipinski definition) is 2. The molecule has 110 valence electrons. The van der Waals surface area contributed by atoms with E-state index in [0.717, 1.165) is 24.9 Å². The molecule has 2 rings (SSSR count). The van der Waals surface area contributed by atoms with Gasteiger partial charge in [-0.3, -0.25) is 4.79 Å².